The third-order valence-corrected chi connectivity index (χ3v) is 3.29. The summed E-state index contributed by atoms with van der Waals surface area (Å²) in [6, 6.07) is 3.78. The molecule has 1 heterocycles. The number of aliphatic carboxylic acids is 1. The number of aryl methyl sites for hydroxylation is 1. The summed E-state index contributed by atoms with van der Waals surface area (Å²) in [5, 5.41) is 8.78. The Bertz CT molecular complexity index is 465. The molecule has 1 aliphatic carbocycles. The first kappa shape index (κ1) is 12.7. The summed E-state index contributed by atoms with van der Waals surface area (Å²) in [6.07, 6.45) is 1.12. The predicted molar refractivity (Wildman–Crippen MR) is 64.0 cm³/mol. The fourth-order valence-electron chi connectivity index (χ4n) is 2.03. The Hall–Kier alpha value is -1.78. The highest BCUT2D eigenvalue weighted by Crippen LogP contribution is 2.39. The van der Waals surface area contributed by atoms with Gasteiger partial charge >= 0.3 is 5.97 Å². The van der Waals surface area contributed by atoms with Crippen LogP contribution in [0.1, 0.15) is 17.9 Å². The first-order valence-electron chi connectivity index (χ1n) is 6.02. The summed E-state index contributed by atoms with van der Waals surface area (Å²) < 4.78 is 5.42. The van der Waals surface area contributed by atoms with Crippen molar-refractivity contribution in [3.63, 3.8) is 0 Å². The van der Waals surface area contributed by atoms with E-state index in [9.17, 15) is 9.59 Å². The summed E-state index contributed by atoms with van der Waals surface area (Å²) in [5.41, 5.74) is 0. The Balaban J connectivity index is 1.80. The molecule has 0 saturated heterocycles. The SMILES string of the molecule is Cc1ccc(CCN(C)C(=O)C2CC2C(=O)O)o1. The average molecular weight is 251 g/mol. The van der Waals surface area contributed by atoms with Gasteiger partial charge in [0, 0.05) is 20.0 Å². The second kappa shape index (κ2) is 4.84. The Morgan fingerprint density at radius 1 is 1.44 bits per heavy atom. The molecule has 98 valence electrons. The van der Waals surface area contributed by atoms with Crippen LogP contribution in [0.3, 0.4) is 0 Å². The highest BCUT2D eigenvalue weighted by atomic mass is 16.4. The van der Waals surface area contributed by atoms with Crippen molar-refractivity contribution in [2.45, 2.75) is 19.8 Å². The van der Waals surface area contributed by atoms with Crippen molar-refractivity contribution in [3.8, 4) is 0 Å². The smallest absolute Gasteiger partial charge is 0.307 e. The minimum atomic E-state index is -0.872. The van der Waals surface area contributed by atoms with E-state index in [0.29, 0.717) is 19.4 Å². The van der Waals surface area contributed by atoms with Crippen LogP contribution in [0.15, 0.2) is 16.5 Å². The van der Waals surface area contributed by atoms with E-state index in [1.807, 2.05) is 19.1 Å². The Morgan fingerprint density at radius 2 is 2.17 bits per heavy atom. The van der Waals surface area contributed by atoms with Gasteiger partial charge < -0.3 is 14.4 Å². The molecule has 0 spiro atoms. The van der Waals surface area contributed by atoms with Crippen molar-refractivity contribution in [2.24, 2.45) is 11.8 Å². The molecule has 1 aromatic heterocycles. The van der Waals surface area contributed by atoms with Gasteiger partial charge in [0.2, 0.25) is 5.91 Å². The average Bonchev–Trinajstić information content (AvgIpc) is 3.03. The molecule has 1 N–H and O–H groups in total. The third kappa shape index (κ3) is 2.72. The number of nitrogens with zero attached hydrogens (tertiary/aromatic N) is 1. The second-order valence-electron chi connectivity index (χ2n) is 4.81. The fraction of sp³-hybridized carbons (Fsp3) is 0.538. The summed E-state index contributed by atoms with van der Waals surface area (Å²) in [5.74, 6) is -0.0597. The zero-order chi connectivity index (χ0) is 13.3. The molecule has 5 heteroatoms. The summed E-state index contributed by atoms with van der Waals surface area (Å²) in [7, 11) is 1.70. The molecule has 2 atom stereocenters. The van der Waals surface area contributed by atoms with Crippen LogP contribution in [0.5, 0.6) is 0 Å². The number of furan rings is 1. The molecule has 1 saturated carbocycles. The maximum Gasteiger partial charge on any atom is 0.307 e. The van der Waals surface area contributed by atoms with Crippen LogP contribution in [0.25, 0.3) is 0 Å². The van der Waals surface area contributed by atoms with Crippen LogP contribution in [0.4, 0.5) is 0 Å². The number of rotatable bonds is 5. The monoisotopic (exact) mass is 251 g/mol. The molecular formula is C13H17NO4. The number of hydrogen-bond donors (Lipinski definition) is 1. The predicted octanol–water partition coefficient (Wildman–Crippen LogP) is 1.31. The summed E-state index contributed by atoms with van der Waals surface area (Å²) in [4.78, 5) is 24.2. The van der Waals surface area contributed by atoms with Gasteiger partial charge in [-0.1, -0.05) is 0 Å². The van der Waals surface area contributed by atoms with Crippen molar-refractivity contribution < 1.29 is 19.1 Å². The number of amides is 1. The van der Waals surface area contributed by atoms with E-state index in [0.717, 1.165) is 11.5 Å². The van der Waals surface area contributed by atoms with Gasteiger partial charge in [-0.2, -0.15) is 0 Å². The van der Waals surface area contributed by atoms with Crippen molar-refractivity contribution in [1.29, 1.82) is 0 Å². The van der Waals surface area contributed by atoms with E-state index in [-0.39, 0.29) is 11.8 Å². The Labute approximate surface area is 105 Å². The second-order valence-corrected chi connectivity index (χ2v) is 4.81. The van der Waals surface area contributed by atoms with Crippen LogP contribution >= 0.6 is 0 Å². The highest BCUT2D eigenvalue weighted by Gasteiger charge is 2.49. The van der Waals surface area contributed by atoms with Crippen molar-refractivity contribution >= 4 is 11.9 Å². The molecule has 2 rings (SSSR count). The lowest BCUT2D eigenvalue weighted by molar-refractivity contribution is -0.141. The van der Waals surface area contributed by atoms with E-state index >= 15 is 0 Å². The first-order valence-corrected chi connectivity index (χ1v) is 6.02. The summed E-state index contributed by atoms with van der Waals surface area (Å²) in [6.45, 7) is 2.43. The van der Waals surface area contributed by atoms with Crippen LogP contribution < -0.4 is 0 Å². The van der Waals surface area contributed by atoms with Crippen molar-refractivity contribution in [1.82, 2.24) is 4.90 Å². The zero-order valence-electron chi connectivity index (χ0n) is 10.5. The van der Waals surface area contributed by atoms with Crippen molar-refractivity contribution in [2.75, 3.05) is 13.6 Å². The van der Waals surface area contributed by atoms with Crippen LogP contribution in [0.2, 0.25) is 0 Å². The normalized spacial score (nSPS) is 21.7. The van der Waals surface area contributed by atoms with Crippen LogP contribution in [-0.4, -0.2) is 35.5 Å². The van der Waals surface area contributed by atoms with Gasteiger partial charge in [0.25, 0.3) is 0 Å². The maximum absolute atomic E-state index is 11.9. The summed E-state index contributed by atoms with van der Waals surface area (Å²) >= 11 is 0. The van der Waals surface area contributed by atoms with Crippen molar-refractivity contribution in [3.05, 3.63) is 23.7 Å². The number of carbonyl (C=O) groups excluding carboxylic acids is 1. The van der Waals surface area contributed by atoms with E-state index in [1.165, 1.54) is 0 Å². The lowest BCUT2D eigenvalue weighted by atomic mass is 10.2. The zero-order valence-corrected chi connectivity index (χ0v) is 10.5. The standard InChI is InChI=1S/C13H17NO4/c1-8-3-4-9(18-8)5-6-14(2)12(15)10-7-11(10)13(16)17/h3-4,10-11H,5-7H2,1-2H3,(H,16,17). The minimum absolute atomic E-state index is 0.0781. The molecule has 0 aliphatic heterocycles. The fourth-order valence-corrected chi connectivity index (χ4v) is 2.03. The third-order valence-electron chi connectivity index (χ3n) is 3.29. The van der Waals surface area contributed by atoms with Gasteiger partial charge in [-0.05, 0) is 25.5 Å². The molecular weight excluding hydrogens is 234 g/mol. The number of carboxylic acids is 1. The molecule has 1 fully saturated rings. The minimum Gasteiger partial charge on any atom is -0.481 e. The van der Waals surface area contributed by atoms with E-state index < -0.39 is 11.9 Å². The Morgan fingerprint density at radius 3 is 2.67 bits per heavy atom. The van der Waals surface area contributed by atoms with Gasteiger partial charge in [-0.3, -0.25) is 9.59 Å². The van der Waals surface area contributed by atoms with Gasteiger partial charge in [-0.15, -0.1) is 0 Å². The molecule has 0 bridgehead atoms. The largest absolute Gasteiger partial charge is 0.481 e. The van der Waals surface area contributed by atoms with E-state index in [4.69, 9.17) is 9.52 Å². The highest BCUT2D eigenvalue weighted by molar-refractivity contribution is 5.89. The molecule has 2 unspecified atom stereocenters. The first-order chi connectivity index (χ1) is 8.49. The Kier molecular flexibility index (Phi) is 3.41. The van der Waals surface area contributed by atoms with E-state index in [2.05, 4.69) is 0 Å². The topological polar surface area (TPSA) is 70.8 Å². The van der Waals surface area contributed by atoms with Gasteiger partial charge in [0.15, 0.2) is 0 Å². The number of hydrogen-bond acceptors (Lipinski definition) is 3. The molecule has 0 radical (unpaired) electrons. The lowest BCUT2D eigenvalue weighted by Gasteiger charge is -2.16. The molecule has 5 nitrogen and oxygen atoms in total. The molecule has 1 aliphatic rings. The molecule has 0 aromatic carbocycles. The van der Waals surface area contributed by atoms with Gasteiger partial charge in [0.05, 0.1) is 11.8 Å². The molecule has 18 heavy (non-hydrogen) atoms. The number of likely N-dealkylation sites (N-methyl/N-ethyl adjacent to an activating group) is 1. The maximum atomic E-state index is 11.9. The molecule has 1 amide bonds. The van der Waals surface area contributed by atoms with Gasteiger partial charge in [0.1, 0.15) is 11.5 Å². The quantitative estimate of drug-likeness (QED) is 0.856. The lowest BCUT2D eigenvalue weighted by Crippen LogP contribution is -2.31. The van der Waals surface area contributed by atoms with Crippen LogP contribution in [0, 0.1) is 18.8 Å². The molecule has 1 aromatic rings. The van der Waals surface area contributed by atoms with Crippen LogP contribution in [-0.2, 0) is 16.0 Å². The number of carboxylic acid groups (broad SMARTS) is 1. The van der Waals surface area contributed by atoms with Gasteiger partial charge in [-0.25, -0.2) is 0 Å². The van der Waals surface area contributed by atoms with E-state index in [1.54, 1.807) is 11.9 Å². The number of carbonyl (C=O) groups is 2.